The number of rotatable bonds is 1. The fraction of sp³-hybridized carbons (Fsp3) is 0.429. The topological polar surface area (TPSA) is 65.1 Å². The molecule has 0 radical (unpaired) electrons. The van der Waals surface area contributed by atoms with Crippen LogP contribution in [0.1, 0.15) is 38.1 Å². The number of aromatic nitrogens is 5. The molecule has 0 bridgehead atoms. The van der Waals surface area contributed by atoms with Crippen LogP contribution in [0.2, 0.25) is 0 Å². The first-order valence-corrected chi connectivity index (χ1v) is 7.06. The summed E-state index contributed by atoms with van der Waals surface area (Å²) >= 11 is 0. The molecule has 3 aromatic rings. The molecule has 0 aliphatic heterocycles. The Bertz CT molecular complexity index is 828. The summed E-state index contributed by atoms with van der Waals surface area (Å²) in [6, 6.07) is 4.00. The molecule has 6 nitrogen and oxygen atoms in total. The first kappa shape index (κ1) is 11.6. The van der Waals surface area contributed by atoms with Crippen molar-refractivity contribution in [1.82, 2.24) is 24.4 Å². The predicted molar refractivity (Wildman–Crippen MR) is 74.7 cm³/mol. The summed E-state index contributed by atoms with van der Waals surface area (Å²) in [5, 5.41) is 12.3. The Kier molecular flexibility index (Phi) is 2.55. The van der Waals surface area contributed by atoms with Crippen LogP contribution in [0, 0.1) is 0 Å². The second kappa shape index (κ2) is 4.40. The van der Waals surface area contributed by atoms with Gasteiger partial charge >= 0.3 is 0 Å². The van der Waals surface area contributed by atoms with E-state index in [-0.39, 0.29) is 5.56 Å². The van der Waals surface area contributed by atoms with E-state index in [2.05, 4.69) is 15.3 Å². The van der Waals surface area contributed by atoms with Gasteiger partial charge in [0.1, 0.15) is 5.52 Å². The van der Waals surface area contributed by atoms with E-state index in [0.29, 0.717) is 17.2 Å². The summed E-state index contributed by atoms with van der Waals surface area (Å²) in [4.78, 5) is 12.6. The van der Waals surface area contributed by atoms with Gasteiger partial charge in [0, 0.05) is 18.3 Å². The number of hydrogen-bond acceptors (Lipinski definition) is 4. The molecule has 0 atom stereocenters. The van der Waals surface area contributed by atoms with Crippen molar-refractivity contribution in [2.45, 2.75) is 38.1 Å². The molecule has 1 aliphatic carbocycles. The Labute approximate surface area is 115 Å². The van der Waals surface area contributed by atoms with E-state index >= 15 is 0 Å². The molecule has 3 aromatic heterocycles. The highest BCUT2D eigenvalue weighted by Gasteiger charge is 2.18. The first-order valence-electron chi connectivity index (χ1n) is 7.06. The average Bonchev–Trinajstić information content (AvgIpc) is 2.97. The minimum absolute atomic E-state index is 0.0562. The van der Waals surface area contributed by atoms with Gasteiger partial charge in [0.25, 0.3) is 5.56 Å². The van der Waals surface area contributed by atoms with Gasteiger partial charge in [-0.15, -0.1) is 10.2 Å². The van der Waals surface area contributed by atoms with Crippen LogP contribution in [0.15, 0.2) is 29.3 Å². The molecule has 1 saturated carbocycles. The van der Waals surface area contributed by atoms with Crippen molar-refractivity contribution < 1.29 is 0 Å². The van der Waals surface area contributed by atoms with Crippen LogP contribution in [0.5, 0.6) is 0 Å². The van der Waals surface area contributed by atoms with Gasteiger partial charge in [0.05, 0.1) is 6.20 Å². The van der Waals surface area contributed by atoms with Crippen molar-refractivity contribution in [3.05, 3.63) is 34.9 Å². The van der Waals surface area contributed by atoms with E-state index in [1.807, 2.05) is 16.8 Å². The highest BCUT2D eigenvalue weighted by molar-refractivity contribution is 5.74. The van der Waals surface area contributed by atoms with E-state index in [1.165, 1.54) is 19.3 Å². The van der Waals surface area contributed by atoms with E-state index < -0.39 is 0 Å². The summed E-state index contributed by atoms with van der Waals surface area (Å²) in [6.45, 7) is 0. The van der Waals surface area contributed by atoms with Gasteiger partial charge in [0.2, 0.25) is 0 Å². The lowest BCUT2D eigenvalue weighted by molar-refractivity contribution is 0.347. The maximum Gasteiger partial charge on any atom is 0.280 e. The SMILES string of the molecule is O=c1c2nnc3ccnn3c2ccn1C1CCCCC1. The maximum atomic E-state index is 12.6. The molecule has 3 heterocycles. The van der Waals surface area contributed by atoms with Crippen LogP contribution < -0.4 is 5.56 Å². The van der Waals surface area contributed by atoms with Crippen LogP contribution in [0.3, 0.4) is 0 Å². The molecular formula is C14H15N5O. The molecule has 102 valence electrons. The van der Waals surface area contributed by atoms with Crippen molar-refractivity contribution >= 4 is 16.7 Å². The predicted octanol–water partition coefficient (Wildman–Crippen LogP) is 1.94. The Morgan fingerprint density at radius 3 is 2.80 bits per heavy atom. The Hall–Kier alpha value is -2.24. The Balaban J connectivity index is 1.94. The van der Waals surface area contributed by atoms with Crippen LogP contribution in [0.25, 0.3) is 16.7 Å². The molecule has 1 fully saturated rings. The Morgan fingerprint density at radius 2 is 1.95 bits per heavy atom. The lowest BCUT2D eigenvalue weighted by Gasteiger charge is -2.23. The molecule has 0 saturated heterocycles. The molecule has 0 amide bonds. The lowest BCUT2D eigenvalue weighted by atomic mass is 9.95. The van der Waals surface area contributed by atoms with Gasteiger partial charge in [-0.3, -0.25) is 4.79 Å². The fourth-order valence-corrected chi connectivity index (χ4v) is 3.10. The van der Waals surface area contributed by atoms with Gasteiger partial charge in [-0.1, -0.05) is 19.3 Å². The zero-order chi connectivity index (χ0) is 13.5. The summed E-state index contributed by atoms with van der Waals surface area (Å²) in [6.07, 6.45) is 9.34. The van der Waals surface area contributed by atoms with Gasteiger partial charge in [-0.2, -0.15) is 5.10 Å². The van der Waals surface area contributed by atoms with Gasteiger partial charge < -0.3 is 4.57 Å². The first-order chi connectivity index (χ1) is 9.84. The molecule has 1 aliphatic rings. The minimum atomic E-state index is -0.0562. The number of fused-ring (bicyclic) bond motifs is 3. The summed E-state index contributed by atoms with van der Waals surface area (Å²) in [7, 11) is 0. The third-order valence-corrected chi connectivity index (χ3v) is 4.14. The Morgan fingerprint density at radius 1 is 1.10 bits per heavy atom. The van der Waals surface area contributed by atoms with Gasteiger partial charge in [-0.05, 0) is 18.9 Å². The third kappa shape index (κ3) is 1.64. The second-order valence-electron chi connectivity index (χ2n) is 5.36. The molecular weight excluding hydrogens is 254 g/mol. The molecule has 0 unspecified atom stereocenters. The van der Waals surface area contributed by atoms with Crippen LogP contribution in [-0.2, 0) is 0 Å². The quantitative estimate of drug-likeness (QED) is 0.677. The smallest absolute Gasteiger partial charge is 0.280 e. The minimum Gasteiger partial charge on any atom is -0.310 e. The zero-order valence-electron chi connectivity index (χ0n) is 11.1. The molecule has 4 rings (SSSR count). The maximum absolute atomic E-state index is 12.6. The van der Waals surface area contributed by atoms with Crippen molar-refractivity contribution in [2.24, 2.45) is 0 Å². The zero-order valence-corrected chi connectivity index (χ0v) is 11.1. The normalized spacial score (nSPS) is 17.0. The number of nitrogens with zero attached hydrogens (tertiary/aromatic N) is 5. The number of pyridine rings is 1. The highest BCUT2D eigenvalue weighted by Crippen LogP contribution is 2.27. The standard InChI is InChI=1S/C14H15N5O/c20-14-13-11(19-12(16-17-13)6-8-15-19)7-9-18(14)10-4-2-1-3-5-10/h6-10H,1-5H2. The summed E-state index contributed by atoms with van der Waals surface area (Å²) < 4.78 is 3.49. The van der Waals surface area contributed by atoms with E-state index in [4.69, 9.17) is 0 Å². The van der Waals surface area contributed by atoms with Crippen LogP contribution >= 0.6 is 0 Å². The molecule has 0 aromatic carbocycles. The lowest BCUT2D eigenvalue weighted by Crippen LogP contribution is -2.27. The summed E-state index contributed by atoms with van der Waals surface area (Å²) in [5.74, 6) is 0. The third-order valence-electron chi connectivity index (χ3n) is 4.14. The van der Waals surface area contributed by atoms with Crippen molar-refractivity contribution in [3.63, 3.8) is 0 Å². The second-order valence-corrected chi connectivity index (χ2v) is 5.36. The van der Waals surface area contributed by atoms with E-state index in [0.717, 1.165) is 18.4 Å². The van der Waals surface area contributed by atoms with Gasteiger partial charge in [-0.25, -0.2) is 4.52 Å². The summed E-state index contributed by atoms with van der Waals surface area (Å²) in [5.41, 5.74) is 1.72. The van der Waals surface area contributed by atoms with Crippen molar-refractivity contribution in [1.29, 1.82) is 0 Å². The van der Waals surface area contributed by atoms with Gasteiger partial charge in [0.15, 0.2) is 11.2 Å². The van der Waals surface area contributed by atoms with Crippen molar-refractivity contribution in [3.8, 4) is 0 Å². The number of hydrogen-bond donors (Lipinski definition) is 0. The van der Waals surface area contributed by atoms with Crippen LogP contribution in [-0.4, -0.2) is 24.4 Å². The van der Waals surface area contributed by atoms with Crippen molar-refractivity contribution in [2.75, 3.05) is 0 Å². The largest absolute Gasteiger partial charge is 0.310 e. The van der Waals surface area contributed by atoms with E-state index in [1.54, 1.807) is 16.8 Å². The monoisotopic (exact) mass is 269 g/mol. The molecule has 20 heavy (non-hydrogen) atoms. The van der Waals surface area contributed by atoms with Crippen LogP contribution in [0.4, 0.5) is 0 Å². The highest BCUT2D eigenvalue weighted by atomic mass is 16.1. The molecule has 6 heteroatoms. The average molecular weight is 269 g/mol. The molecule has 0 N–H and O–H groups in total. The van der Waals surface area contributed by atoms with E-state index in [9.17, 15) is 4.79 Å². The molecule has 0 spiro atoms. The fourth-order valence-electron chi connectivity index (χ4n) is 3.10.